The Morgan fingerprint density at radius 1 is 1.10 bits per heavy atom. The van der Waals surface area contributed by atoms with Gasteiger partial charge in [-0.3, -0.25) is 4.79 Å². The van der Waals surface area contributed by atoms with E-state index < -0.39 is 0 Å². The van der Waals surface area contributed by atoms with Crippen LogP contribution in [0.15, 0.2) is 48.5 Å². The molecule has 6 nitrogen and oxygen atoms in total. The maximum Gasteiger partial charge on any atom is 0.321 e. The van der Waals surface area contributed by atoms with E-state index in [2.05, 4.69) is 16.7 Å². The van der Waals surface area contributed by atoms with Gasteiger partial charge in [0.05, 0.1) is 0 Å². The number of hydrogen-bond acceptors (Lipinski definition) is 3. The summed E-state index contributed by atoms with van der Waals surface area (Å²) in [6, 6.07) is 15.7. The summed E-state index contributed by atoms with van der Waals surface area (Å²) < 4.78 is 6.48. The predicted octanol–water partition coefficient (Wildman–Crippen LogP) is 4.06. The first-order valence-electron chi connectivity index (χ1n) is 10.6. The number of hydrogen-bond donors (Lipinski definition) is 2. The van der Waals surface area contributed by atoms with Gasteiger partial charge in [-0.05, 0) is 37.1 Å². The molecule has 0 radical (unpaired) electrons. The fourth-order valence-corrected chi connectivity index (χ4v) is 4.52. The maximum atomic E-state index is 12.7. The van der Waals surface area contributed by atoms with Crippen LogP contribution in [0.25, 0.3) is 0 Å². The highest BCUT2D eigenvalue weighted by Gasteiger charge is 2.44. The third-order valence-corrected chi connectivity index (χ3v) is 6.28. The van der Waals surface area contributed by atoms with Crippen molar-refractivity contribution in [3.05, 3.63) is 59.7 Å². The van der Waals surface area contributed by atoms with Gasteiger partial charge in [-0.1, -0.05) is 35.9 Å². The fourth-order valence-electron chi connectivity index (χ4n) is 4.52. The van der Waals surface area contributed by atoms with E-state index in [1.165, 1.54) is 0 Å². The average Bonchev–Trinajstić information content (AvgIpc) is 2.75. The number of carbonyl (C=O) groups is 2. The standard InChI is InChI=1S/C24H29N3O3/c1-17-7-9-19(10-8-17)26-23(29)27-13-11-24(12-14-27)16-18(15-22(28)25-2)20-5-3-4-6-21(20)30-24/h3-10,18H,11-16H2,1-2H3,(H,25,28)(H,26,29)/t18-/m0/s1. The predicted molar refractivity (Wildman–Crippen MR) is 117 cm³/mol. The van der Waals surface area contributed by atoms with Gasteiger partial charge in [0.15, 0.2) is 0 Å². The number of ether oxygens (including phenoxy) is 1. The Labute approximate surface area is 177 Å². The van der Waals surface area contributed by atoms with Gasteiger partial charge in [0.25, 0.3) is 0 Å². The molecule has 0 saturated carbocycles. The van der Waals surface area contributed by atoms with Crippen molar-refractivity contribution in [2.45, 2.75) is 44.1 Å². The van der Waals surface area contributed by atoms with Gasteiger partial charge in [0, 0.05) is 51.0 Å². The van der Waals surface area contributed by atoms with Crippen molar-refractivity contribution in [3.63, 3.8) is 0 Å². The molecule has 0 aliphatic carbocycles. The number of anilines is 1. The summed E-state index contributed by atoms with van der Waals surface area (Å²) >= 11 is 0. The molecule has 2 aliphatic rings. The second-order valence-electron chi connectivity index (χ2n) is 8.38. The van der Waals surface area contributed by atoms with Crippen LogP contribution in [-0.4, -0.2) is 42.6 Å². The number of fused-ring (bicyclic) bond motifs is 1. The number of carbonyl (C=O) groups excluding carboxylic acids is 2. The molecular weight excluding hydrogens is 378 g/mol. The van der Waals surface area contributed by atoms with Crippen LogP contribution in [0.4, 0.5) is 10.5 Å². The number of likely N-dealkylation sites (tertiary alicyclic amines) is 1. The van der Waals surface area contributed by atoms with E-state index in [4.69, 9.17) is 4.74 Å². The molecule has 1 saturated heterocycles. The molecule has 30 heavy (non-hydrogen) atoms. The van der Waals surface area contributed by atoms with Gasteiger partial charge < -0.3 is 20.3 Å². The molecule has 1 spiro atoms. The molecule has 4 rings (SSSR count). The Hall–Kier alpha value is -3.02. The molecule has 2 aromatic carbocycles. The highest BCUT2D eigenvalue weighted by atomic mass is 16.5. The molecule has 2 N–H and O–H groups in total. The van der Waals surface area contributed by atoms with Gasteiger partial charge in [0.2, 0.25) is 5.91 Å². The van der Waals surface area contributed by atoms with Crippen LogP contribution in [0, 0.1) is 6.92 Å². The second kappa shape index (κ2) is 8.38. The zero-order valence-corrected chi connectivity index (χ0v) is 17.6. The van der Waals surface area contributed by atoms with E-state index in [1.54, 1.807) is 7.05 Å². The van der Waals surface area contributed by atoms with Crippen LogP contribution >= 0.6 is 0 Å². The lowest BCUT2D eigenvalue weighted by molar-refractivity contribution is -0.121. The number of rotatable bonds is 3. The third-order valence-electron chi connectivity index (χ3n) is 6.28. The highest BCUT2D eigenvalue weighted by molar-refractivity contribution is 5.89. The molecule has 1 fully saturated rings. The SMILES string of the molecule is CNC(=O)C[C@H]1CC2(CCN(C(=O)Nc3ccc(C)cc3)CC2)Oc2ccccc21. The van der Waals surface area contributed by atoms with E-state index >= 15 is 0 Å². The van der Waals surface area contributed by atoms with E-state index in [0.717, 1.165) is 41.8 Å². The summed E-state index contributed by atoms with van der Waals surface area (Å²) in [5, 5.41) is 5.72. The van der Waals surface area contributed by atoms with Crippen LogP contribution in [0.1, 0.15) is 42.7 Å². The molecule has 158 valence electrons. The lowest BCUT2D eigenvalue weighted by atomic mass is 9.76. The monoisotopic (exact) mass is 407 g/mol. The zero-order valence-electron chi connectivity index (χ0n) is 17.6. The Kier molecular flexibility index (Phi) is 5.66. The average molecular weight is 408 g/mol. The Morgan fingerprint density at radius 3 is 2.50 bits per heavy atom. The molecule has 2 heterocycles. The number of aryl methyl sites for hydroxylation is 1. The van der Waals surface area contributed by atoms with Gasteiger partial charge >= 0.3 is 6.03 Å². The Balaban J connectivity index is 1.43. The smallest absolute Gasteiger partial charge is 0.321 e. The number of benzene rings is 2. The number of urea groups is 1. The van der Waals surface area contributed by atoms with Crippen molar-refractivity contribution in [1.82, 2.24) is 10.2 Å². The first-order valence-corrected chi connectivity index (χ1v) is 10.6. The number of piperidine rings is 1. The molecule has 2 aromatic rings. The Morgan fingerprint density at radius 2 is 1.80 bits per heavy atom. The molecule has 1 atom stereocenters. The molecular formula is C24H29N3O3. The van der Waals surface area contributed by atoms with Crippen molar-refractivity contribution in [3.8, 4) is 5.75 Å². The number of nitrogens with one attached hydrogen (secondary N) is 2. The van der Waals surface area contributed by atoms with Crippen molar-refractivity contribution in [2.75, 3.05) is 25.5 Å². The summed E-state index contributed by atoms with van der Waals surface area (Å²) in [5.41, 5.74) is 2.74. The highest BCUT2D eigenvalue weighted by Crippen LogP contribution is 2.46. The Bertz CT molecular complexity index is 918. The summed E-state index contributed by atoms with van der Waals surface area (Å²) in [5.74, 6) is 1.04. The van der Waals surface area contributed by atoms with E-state index in [0.29, 0.717) is 19.5 Å². The van der Waals surface area contributed by atoms with Gasteiger partial charge in [-0.2, -0.15) is 0 Å². The van der Waals surface area contributed by atoms with E-state index in [-0.39, 0.29) is 23.5 Å². The summed E-state index contributed by atoms with van der Waals surface area (Å²) in [6.07, 6.45) is 2.76. The maximum absolute atomic E-state index is 12.7. The minimum absolute atomic E-state index is 0.0433. The molecule has 0 bridgehead atoms. The van der Waals surface area contributed by atoms with Crippen LogP contribution in [-0.2, 0) is 4.79 Å². The van der Waals surface area contributed by atoms with Crippen LogP contribution in [0.5, 0.6) is 5.75 Å². The molecule has 0 aromatic heterocycles. The van der Waals surface area contributed by atoms with Crippen molar-refractivity contribution < 1.29 is 14.3 Å². The summed E-state index contributed by atoms with van der Waals surface area (Å²) in [6.45, 7) is 3.29. The van der Waals surface area contributed by atoms with E-state index in [9.17, 15) is 9.59 Å². The quantitative estimate of drug-likeness (QED) is 0.806. The lowest BCUT2D eigenvalue weighted by Crippen LogP contribution is -2.52. The fraction of sp³-hybridized carbons (Fsp3) is 0.417. The summed E-state index contributed by atoms with van der Waals surface area (Å²) in [7, 11) is 1.68. The zero-order chi connectivity index (χ0) is 21.1. The second-order valence-corrected chi connectivity index (χ2v) is 8.38. The number of para-hydroxylation sites is 1. The van der Waals surface area contributed by atoms with Crippen LogP contribution in [0.3, 0.4) is 0 Å². The summed E-state index contributed by atoms with van der Waals surface area (Å²) in [4.78, 5) is 26.6. The molecule has 0 unspecified atom stereocenters. The van der Waals surface area contributed by atoms with Crippen LogP contribution < -0.4 is 15.4 Å². The van der Waals surface area contributed by atoms with Gasteiger partial charge in [-0.15, -0.1) is 0 Å². The van der Waals surface area contributed by atoms with Crippen LogP contribution in [0.2, 0.25) is 0 Å². The normalized spacial score (nSPS) is 19.5. The van der Waals surface area contributed by atoms with Gasteiger partial charge in [-0.25, -0.2) is 4.79 Å². The number of nitrogens with zero attached hydrogens (tertiary/aromatic N) is 1. The minimum atomic E-state index is -0.326. The first-order chi connectivity index (χ1) is 14.5. The van der Waals surface area contributed by atoms with Gasteiger partial charge in [0.1, 0.15) is 11.4 Å². The third kappa shape index (κ3) is 4.27. The topological polar surface area (TPSA) is 70.7 Å². The minimum Gasteiger partial charge on any atom is -0.487 e. The largest absolute Gasteiger partial charge is 0.487 e. The van der Waals surface area contributed by atoms with Crippen molar-refractivity contribution >= 4 is 17.6 Å². The molecule has 6 heteroatoms. The molecule has 3 amide bonds. The number of amides is 3. The first kappa shape index (κ1) is 20.3. The lowest BCUT2D eigenvalue weighted by Gasteiger charge is -2.46. The molecule has 2 aliphatic heterocycles. The van der Waals surface area contributed by atoms with Crippen molar-refractivity contribution in [1.29, 1.82) is 0 Å². The van der Waals surface area contributed by atoms with Crippen molar-refractivity contribution in [2.24, 2.45) is 0 Å². The van der Waals surface area contributed by atoms with E-state index in [1.807, 2.05) is 54.3 Å².